The summed E-state index contributed by atoms with van der Waals surface area (Å²) in [6.07, 6.45) is 3.27. The molecule has 0 unspecified atom stereocenters. The number of thioether (sulfide) groups is 1. The van der Waals surface area contributed by atoms with Gasteiger partial charge in [0.1, 0.15) is 16.5 Å². The number of carbonyl (C=O) groups is 2. The largest absolute Gasteiger partial charge is 0.457 e. The Kier molecular flexibility index (Phi) is 11.8. The topological polar surface area (TPSA) is 110 Å². The van der Waals surface area contributed by atoms with Crippen molar-refractivity contribution in [1.82, 2.24) is 15.1 Å². The van der Waals surface area contributed by atoms with Crippen LogP contribution in [0.4, 0.5) is 0 Å². The first kappa shape index (κ1) is 31.4. The lowest BCUT2D eigenvalue weighted by Gasteiger charge is -2.29. The number of carbonyl (C=O) groups excluding carboxylic acids is 2. The lowest BCUT2D eigenvalue weighted by atomic mass is 10.0. The number of benzene rings is 2. The van der Waals surface area contributed by atoms with E-state index in [0.717, 1.165) is 56.2 Å². The minimum Gasteiger partial charge on any atom is -0.457 e. The van der Waals surface area contributed by atoms with Gasteiger partial charge in [0.2, 0.25) is 5.91 Å². The molecule has 2 aliphatic rings. The number of nitrogens with one attached hydrogen (secondary N) is 3. The Morgan fingerprint density at radius 1 is 1.05 bits per heavy atom. The van der Waals surface area contributed by atoms with Crippen LogP contribution < -0.4 is 10.1 Å². The van der Waals surface area contributed by atoms with E-state index in [1.807, 2.05) is 38.7 Å². The summed E-state index contributed by atoms with van der Waals surface area (Å²) in [7, 11) is 2.09. The zero-order chi connectivity index (χ0) is 29.2. The number of likely N-dealkylation sites (tertiary alicyclic amines) is 2. The van der Waals surface area contributed by atoms with Gasteiger partial charge in [0.15, 0.2) is 0 Å². The van der Waals surface area contributed by atoms with Crippen molar-refractivity contribution in [3.8, 4) is 11.5 Å². The number of piperidine rings is 1. The van der Waals surface area contributed by atoms with Crippen LogP contribution in [0.5, 0.6) is 11.5 Å². The molecule has 2 saturated heterocycles. The van der Waals surface area contributed by atoms with Crippen LogP contribution in [0.3, 0.4) is 0 Å². The summed E-state index contributed by atoms with van der Waals surface area (Å²) in [6, 6.07) is 12.8. The zero-order valence-corrected chi connectivity index (χ0v) is 25.2. The van der Waals surface area contributed by atoms with E-state index in [1.54, 1.807) is 36.4 Å². The van der Waals surface area contributed by atoms with Crippen molar-refractivity contribution in [2.45, 2.75) is 66.0 Å². The van der Waals surface area contributed by atoms with Gasteiger partial charge in [0.05, 0.1) is 5.04 Å². The fourth-order valence-electron chi connectivity index (χ4n) is 4.51. The van der Waals surface area contributed by atoms with Gasteiger partial charge in [0, 0.05) is 48.2 Å². The normalized spacial score (nSPS) is 15.9. The van der Waals surface area contributed by atoms with Crippen molar-refractivity contribution in [2.75, 3.05) is 26.7 Å². The Labute approximate surface area is 242 Å². The van der Waals surface area contributed by atoms with Crippen LogP contribution >= 0.6 is 11.8 Å². The average Bonchev–Trinajstić information content (AvgIpc) is 3.36. The predicted octanol–water partition coefficient (Wildman–Crippen LogP) is 6.14. The molecule has 2 amide bonds. The molecule has 2 aromatic carbocycles. The van der Waals surface area contributed by atoms with Crippen LogP contribution in [-0.4, -0.2) is 64.4 Å². The van der Waals surface area contributed by atoms with Crippen molar-refractivity contribution in [1.29, 1.82) is 10.8 Å². The monoisotopic (exact) mass is 565 g/mol. The van der Waals surface area contributed by atoms with Crippen LogP contribution in [0.15, 0.2) is 42.5 Å². The van der Waals surface area contributed by atoms with Crippen LogP contribution in [0.1, 0.15) is 74.9 Å². The van der Waals surface area contributed by atoms with Gasteiger partial charge in [-0.1, -0.05) is 45.5 Å². The van der Waals surface area contributed by atoms with Crippen molar-refractivity contribution < 1.29 is 14.3 Å². The third-order valence-corrected chi connectivity index (χ3v) is 8.13. The summed E-state index contributed by atoms with van der Waals surface area (Å²) in [4.78, 5) is 29.4. The van der Waals surface area contributed by atoms with Crippen molar-refractivity contribution >= 4 is 33.7 Å². The van der Waals surface area contributed by atoms with Gasteiger partial charge < -0.3 is 19.9 Å². The third-order valence-electron chi connectivity index (χ3n) is 7.00. The van der Waals surface area contributed by atoms with Gasteiger partial charge >= 0.3 is 0 Å². The second-order valence-electron chi connectivity index (χ2n) is 10.4. The molecule has 8 nitrogen and oxygen atoms in total. The molecule has 2 fully saturated rings. The molecule has 0 spiro atoms. The van der Waals surface area contributed by atoms with Crippen molar-refractivity contribution in [3.63, 3.8) is 0 Å². The Bertz CT molecular complexity index is 1190. The van der Waals surface area contributed by atoms with E-state index in [2.05, 4.69) is 17.3 Å². The van der Waals surface area contributed by atoms with Gasteiger partial charge in [-0.3, -0.25) is 20.4 Å². The molecule has 9 heteroatoms. The molecular formula is C31H43N5O3S. The number of amides is 2. The Balaban J connectivity index is 0.00000216. The summed E-state index contributed by atoms with van der Waals surface area (Å²) >= 11 is 1.15. The smallest absolute Gasteiger partial charge is 0.251 e. The first-order valence-corrected chi connectivity index (χ1v) is 15.0. The molecule has 4 rings (SSSR count). The molecule has 2 heterocycles. The lowest BCUT2D eigenvalue weighted by Crippen LogP contribution is -2.43. The van der Waals surface area contributed by atoms with Gasteiger partial charge in [-0.05, 0) is 75.8 Å². The number of rotatable bonds is 8. The first-order chi connectivity index (χ1) is 19.2. The first-order valence-electron chi connectivity index (χ1n) is 14.2. The third kappa shape index (κ3) is 8.66. The molecule has 0 aliphatic carbocycles. The highest BCUT2D eigenvalue weighted by Gasteiger charge is 2.23. The highest BCUT2D eigenvalue weighted by molar-refractivity contribution is 8.26. The molecule has 0 aromatic heterocycles. The molecule has 3 N–H and O–H groups in total. The summed E-state index contributed by atoms with van der Waals surface area (Å²) < 4.78 is 6.26. The molecule has 0 atom stereocenters. The minimum absolute atomic E-state index is 0.0767. The molecule has 2 aromatic rings. The Morgan fingerprint density at radius 2 is 1.70 bits per heavy atom. The SMILES string of the molecule is CC.CC(C)C(=N)SC(=N)c1ccc(Oc2cc(C(=O)NC3CCN(C)CC3)ccc2CN2CCCC2=O)cc1. The summed E-state index contributed by atoms with van der Waals surface area (Å²) in [5.41, 5.74) is 2.08. The van der Waals surface area contributed by atoms with Crippen LogP contribution in [0.25, 0.3) is 0 Å². The maximum atomic E-state index is 13.1. The maximum absolute atomic E-state index is 13.1. The van der Waals surface area contributed by atoms with Crippen molar-refractivity contribution in [2.24, 2.45) is 5.92 Å². The van der Waals surface area contributed by atoms with Gasteiger partial charge in [-0.2, -0.15) is 0 Å². The highest BCUT2D eigenvalue weighted by atomic mass is 32.2. The highest BCUT2D eigenvalue weighted by Crippen LogP contribution is 2.30. The predicted molar refractivity (Wildman–Crippen MR) is 164 cm³/mol. The molecular weight excluding hydrogens is 522 g/mol. The van der Waals surface area contributed by atoms with E-state index in [1.165, 1.54) is 0 Å². The molecule has 0 saturated carbocycles. The Hall–Kier alpha value is -3.17. The van der Waals surface area contributed by atoms with Crippen LogP contribution in [-0.2, 0) is 11.3 Å². The number of hydrogen-bond acceptors (Lipinski definition) is 7. The fraction of sp³-hybridized carbons (Fsp3) is 0.484. The van der Waals surface area contributed by atoms with Crippen LogP contribution in [0.2, 0.25) is 0 Å². The van der Waals surface area contributed by atoms with E-state index in [-0.39, 0.29) is 23.8 Å². The quantitative estimate of drug-likeness (QED) is 0.263. The number of ether oxygens (including phenoxy) is 1. The maximum Gasteiger partial charge on any atom is 0.251 e. The fourth-order valence-corrected chi connectivity index (χ4v) is 5.22. The molecule has 2 aliphatic heterocycles. The van der Waals surface area contributed by atoms with Crippen molar-refractivity contribution in [3.05, 3.63) is 59.2 Å². The summed E-state index contributed by atoms with van der Waals surface area (Å²) in [5.74, 6) is 1.20. The average molecular weight is 566 g/mol. The number of hydrogen-bond donors (Lipinski definition) is 3. The summed E-state index contributed by atoms with van der Waals surface area (Å²) in [6.45, 7) is 11.0. The van der Waals surface area contributed by atoms with Gasteiger partial charge in [-0.15, -0.1) is 0 Å². The molecule has 40 heavy (non-hydrogen) atoms. The number of nitrogens with zero attached hydrogens (tertiary/aromatic N) is 2. The molecule has 216 valence electrons. The van der Waals surface area contributed by atoms with E-state index < -0.39 is 0 Å². The van der Waals surface area contributed by atoms with E-state index in [9.17, 15) is 9.59 Å². The Morgan fingerprint density at radius 3 is 2.30 bits per heavy atom. The molecule has 0 bridgehead atoms. The van der Waals surface area contributed by atoms with E-state index in [4.69, 9.17) is 15.6 Å². The van der Waals surface area contributed by atoms with Crippen LogP contribution in [0, 0.1) is 16.7 Å². The lowest BCUT2D eigenvalue weighted by molar-refractivity contribution is -0.128. The zero-order valence-electron chi connectivity index (χ0n) is 24.4. The van der Waals surface area contributed by atoms with E-state index in [0.29, 0.717) is 45.7 Å². The van der Waals surface area contributed by atoms with E-state index >= 15 is 0 Å². The standard InChI is InChI=1S/C29H37N5O3S.C2H6/c1-19(2)27(30)38-28(31)20-8-10-24(11-9-20)37-25-17-21(29(36)32-23-12-15-33(3)16-13-23)6-7-22(25)18-34-14-4-5-26(34)35;1-2/h6-11,17,19,23,30-31H,4-5,12-16,18H2,1-3H3,(H,32,36);1-2H3. The second kappa shape index (κ2) is 15.0. The summed E-state index contributed by atoms with van der Waals surface area (Å²) in [5, 5.41) is 20.3. The van der Waals surface area contributed by atoms with Gasteiger partial charge in [-0.25, -0.2) is 0 Å². The second-order valence-corrected chi connectivity index (χ2v) is 11.4. The molecule has 0 radical (unpaired) electrons. The minimum atomic E-state index is -0.123. The van der Waals surface area contributed by atoms with Gasteiger partial charge in [0.25, 0.3) is 5.91 Å².